The summed E-state index contributed by atoms with van der Waals surface area (Å²) >= 11 is 0. The third kappa shape index (κ3) is 6.49. The van der Waals surface area contributed by atoms with Gasteiger partial charge in [0, 0.05) is 45.9 Å². The van der Waals surface area contributed by atoms with E-state index in [1.807, 2.05) is 0 Å². The zero-order valence-corrected chi connectivity index (χ0v) is 18.6. The van der Waals surface area contributed by atoms with Gasteiger partial charge in [0.05, 0.1) is 18.8 Å². The van der Waals surface area contributed by atoms with E-state index in [4.69, 9.17) is 9.73 Å². The van der Waals surface area contributed by atoms with Crippen LogP contribution in [0.3, 0.4) is 0 Å². The van der Waals surface area contributed by atoms with E-state index in [1.54, 1.807) is 0 Å². The number of ether oxygens (including phenoxy) is 1. The van der Waals surface area contributed by atoms with Crippen LogP contribution in [0.15, 0.2) is 4.99 Å². The van der Waals surface area contributed by atoms with Crippen molar-refractivity contribution in [2.24, 2.45) is 10.9 Å². The Morgan fingerprint density at radius 2 is 1.92 bits per heavy atom. The Bertz CT molecular complexity index is 429. The summed E-state index contributed by atoms with van der Waals surface area (Å²) in [4.78, 5) is 9.73. The lowest BCUT2D eigenvalue weighted by molar-refractivity contribution is 0.0128. The van der Waals surface area contributed by atoms with Crippen LogP contribution in [0.5, 0.6) is 0 Å². The topological polar surface area (TPSA) is 60.3 Å². The summed E-state index contributed by atoms with van der Waals surface area (Å²) in [7, 11) is 0. The number of hydrogen-bond donors (Lipinski definition) is 2. The average molecular weight is 480 g/mol. The van der Waals surface area contributed by atoms with Gasteiger partial charge in [0.2, 0.25) is 0 Å². The molecule has 152 valence electrons. The highest BCUT2D eigenvalue weighted by molar-refractivity contribution is 14.0. The number of piperazine rings is 1. The van der Waals surface area contributed by atoms with Gasteiger partial charge in [-0.2, -0.15) is 0 Å². The predicted molar refractivity (Wildman–Crippen MR) is 116 cm³/mol. The molecule has 2 heterocycles. The fourth-order valence-corrected chi connectivity index (χ4v) is 4.25. The fraction of sp³-hybridized carbons (Fsp3) is 0.947. The van der Waals surface area contributed by atoms with Crippen molar-refractivity contribution in [2.75, 3.05) is 59.0 Å². The highest BCUT2D eigenvalue weighted by atomic mass is 127. The van der Waals surface area contributed by atoms with Crippen LogP contribution >= 0.6 is 24.0 Å². The molecule has 1 saturated carbocycles. The van der Waals surface area contributed by atoms with Crippen molar-refractivity contribution in [3.8, 4) is 0 Å². The molecule has 2 saturated heterocycles. The molecule has 1 atom stereocenters. The van der Waals surface area contributed by atoms with Crippen LogP contribution in [-0.4, -0.2) is 85.5 Å². The van der Waals surface area contributed by atoms with Gasteiger partial charge < -0.3 is 20.1 Å². The second-order valence-electron chi connectivity index (χ2n) is 7.97. The quantitative estimate of drug-likeness (QED) is 0.358. The lowest BCUT2D eigenvalue weighted by atomic mass is 9.85. The van der Waals surface area contributed by atoms with Gasteiger partial charge in [-0.15, -0.1) is 24.0 Å². The summed E-state index contributed by atoms with van der Waals surface area (Å²) in [5.74, 6) is 1.69. The summed E-state index contributed by atoms with van der Waals surface area (Å²) < 4.78 is 5.50. The Morgan fingerprint density at radius 3 is 2.54 bits per heavy atom. The largest absolute Gasteiger partial charge is 0.388 e. The Labute approximate surface area is 175 Å². The van der Waals surface area contributed by atoms with E-state index in [0.717, 1.165) is 77.6 Å². The fourth-order valence-electron chi connectivity index (χ4n) is 4.25. The maximum atomic E-state index is 10.7. The number of rotatable bonds is 5. The smallest absolute Gasteiger partial charge is 0.194 e. The normalized spacial score (nSPS) is 27.2. The monoisotopic (exact) mass is 480 g/mol. The summed E-state index contributed by atoms with van der Waals surface area (Å²) in [5, 5.41) is 14.1. The predicted octanol–water partition coefficient (Wildman–Crippen LogP) is 1.92. The first-order valence-electron chi connectivity index (χ1n) is 10.2. The van der Waals surface area contributed by atoms with Crippen LogP contribution in [0.1, 0.15) is 45.4 Å². The number of hydrogen-bond acceptors (Lipinski definition) is 4. The van der Waals surface area contributed by atoms with Gasteiger partial charge in [-0.1, -0.05) is 19.3 Å². The standard InChI is InChI=1S/C19H36N4O2.HI/c1-2-20-18(21-16-19(24)7-4-3-5-8-19)23-11-9-22(10-12-23)14-17-6-13-25-15-17;/h17,24H,2-16H2,1H3,(H,20,21);1H. The molecule has 1 aliphatic carbocycles. The first-order valence-corrected chi connectivity index (χ1v) is 10.2. The van der Waals surface area contributed by atoms with Crippen molar-refractivity contribution >= 4 is 29.9 Å². The number of guanidine groups is 1. The van der Waals surface area contributed by atoms with Crippen molar-refractivity contribution in [1.82, 2.24) is 15.1 Å². The van der Waals surface area contributed by atoms with Gasteiger partial charge >= 0.3 is 0 Å². The van der Waals surface area contributed by atoms with Crippen LogP contribution in [0, 0.1) is 5.92 Å². The van der Waals surface area contributed by atoms with Crippen molar-refractivity contribution in [2.45, 2.75) is 51.0 Å². The first-order chi connectivity index (χ1) is 12.2. The molecule has 0 aromatic rings. The summed E-state index contributed by atoms with van der Waals surface area (Å²) in [5.41, 5.74) is -0.580. The molecular formula is C19H37IN4O2. The number of aliphatic imine (C=N–C) groups is 1. The van der Waals surface area contributed by atoms with Crippen molar-refractivity contribution in [3.05, 3.63) is 0 Å². The number of aliphatic hydroxyl groups is 1. The molecular weight excluding hydrogens is 443 g/mol. The number of halogens is 1. The molecule has 0 aromatic heterocycles. The van der Waals surface area contributed by atoms with Crippen molar-refractivity contribution < 1.29 is 9.84 Å². The minimum absolute atomic E-state index is 0. The van der Waals surface area contributed by atoms with Gasteiger partial charge in [0.25, 0.3) is 0 Å². The molecule has 0 radical (unpaired) electrons. The van der Waals surface area contributed by atoms with Crippen LogP contribution < -0.4 is 5.32 Å². The lowest BCUT2D eigenvalue weighted by Crippen LogP contribution is -2.53. The Kier molecular flexibility index (Phi) is 9.40. The zero-order valence-electron chi connectivity index (χ0n) is 16.3. The highest BCUT2D eigenvalue weighted by Gasteiger charge is 2.30. The Morgan fingerprint density at radius 1 is 1.19 bits per heavy atom. The van der Waals surface area contributed by atoms with Crippen LogP contribution in [0.25, 0.3) is 0 Å². The molecule has 0 amide bonds. The highest BCUT2D eigenvalue weighted by Crippen LogP contribution is 2.28. The molecule has 26 heavy (non-hydrogen) atoms. The maximum Gasteiger partial charge on any atom is 0.194 e. The minimum Gasteiger partial charge on any atom is -0.388 e. The zero-order chi connectivity index (χ0) is 17.5. The average Bonchev–Trinajstić information content (AvgIpc) is 3.13. The molecule has 6 nitrogen and oxygen atoms in total. The molecule has 3 rings (SSSR count). The second-order valence-corrected chi connectivity index (χ2v) is 7.97. The molecule has 3 aliphatic rings. The van der Waals surface area contributed by atoms with E-state index >= 15 is 0 Å². The molecule has 0 aromatic carbocycles. The van der Waals surface area contributed by atoms with E-state index in [1.165, 1.54) is 19.4 Å². The minimum atomic E-state index is -0.580. The summed E-state index contributed by atoms with van der Waals surface area (Å²) in [6.07, 6.45) is 6.52. The van der Waals surface area contributed by atoms with E-state index in [0.29, 0.717) is 12.5 Å². The first kappa shape index (κ1) is 22.2. The van der Waals surface area contributed by atoms with Crippen molar-refractivity contribution in [1.29, 1.82) is 0 Å². The van der Waals surface area contributed by atoms with Crippen LogP contribution in [0.2, 0.25) is 0 Å². The molecule has 1 unspecified atom stereocenters. The lowest BCUT2D eigenvalue weighted by Gasteiger charge is -2.38. The summed E-state index contributed by atoms with van der Waals surface area (Å²) in [6, 6.07) is 0. The van der Waals surface area contributed by atoms with Crippen LogP contribution in [0.4, 0.5) is 0 Å². The molecule has 7 heteroatoms. The van der Waals surface area contributed by atoms with E-state index in [-0.39, 0.29) is 24.0 Å². The summed E-state index contributed by atoms with van der Waals surface area (Å²) in [6.45, 7) is 10.8. The number of nitrogens with zero attached hydrogens (tertiary/aromatic N) is 3. The van der Waals surface area contributed by atoms with E-state index in [9.17, 15) is 5.11 Å². The molecule has 2 aliphatic heterocycles. The van der Waals surface area contributed by atoms with Crippen molar-refractivity contribution in [3.63, 3.8) is 0 Å². The number of nitrogens with one attached hydrogen (secondary N) is 1. The molecule has 0 spiro atoms. The SMILES string of the molecule is CCNC(=NCC1(O)CCCCC1)N1CCN(CC2CCOC2)CC1.I. The Balaban J connectivity index is 0.00000243. The van der Waals surface area contributed by atoms with E-state index in [2.05, 4.69) is 22.0 Å². The molecule has 3 fully saturated rings. The van der Waals surface area contributed by atoms with Gasteiger partial charge in [-0.3, -0.25) is 9.89 Å². The third-order valence-corrected chi connectivity index (χ3v) is 5.85. The maximum absolute atomic E-state index is 10.7. The van der Waals surface area contributed by atoms with Gasteiger partial charge in [0.1, 0.15) is 0 Å². The second kappa shape index (κ2) is 11.0. The molecule has 0 bridgehead atoms. The van der Waals surface area contributed by atoms with Gasteiger partial charge in [0.15, 0.2) is 5.96 Å². The Hall–Kier alpha value is -0.120. The van der Waals surface area contributed by atoms with Gasteiger partial charge in [-0.25, -0.2) is 0 Å². The molecule has 2 N–H and O–H groups in total. The van der Waals surface area contributed by atoms with E-state index < -0.39 is 5.60 Å². The van der Waals surface area contributed by atoms with Crippen LogP contribution in [-0.2, 0) is 4.74 Å². The van der Waals surface area contributed by atoms with Gasteiger partial charge in [-0.05, 0) is 32.1 Å². The third-order valence-electron chi connectivity index (χ3n) is 5.85.